The Morgan fingerprint density at radius 1 is 1.12 bits per heavy atom. The minimum atomic E-state index is -3.92. The summed E-state index contributed by atoms with van der Waals surface area (Å²) < 4.78 is 29.3. The first-order chi connectivity index (χ1) is 6.95. The Morgan fingerprint density at radius 2 is 1.69 bits per heavy atom. The second kappa shape index (κ2) is 11.0. The first-order valence-corrected chi connectivity index (χ1v) is 7.20. The zero-order chi connectivity index (χ0) is 11.7. The Hall–Kier alpha value is 0.870. The van der Waals surface area contributed by atoms with Crippen molar-refractivity contribution < 1.29 is 49.1 Å². The minimum absolute atomic E-state index is 0. The van der Waals surface area contributed by atoms with Gasteiger partial charge in [0.05, 0.1) is 11.9 Å². The van der Waals surface area contributed by atoms with Gasteiger partial charge in [0.2, 0.25) is 0 Å². The zero-order valence-electron chi connectivity index (χ0n) is 11.4. The fraction of sp³-hybridized carbons (Fsp3) is 1.00. The van der Waals surface area contributed by atoms with Crippen LogP contribution in [-0.4, -0.2) is 29.9 Å². The molecule has 16 heavy (non-hydrogen) atoms. The van der Waals surface area contributed by atoms with E-state index in [4.69, 9.17) is 4.55 Å². The van der Waals surface area contributed by atoms with Crippen molar-refractivity contribution in [1.29, 1.82) is 0 Å². The smallest absolute Gasteiger partial charge is 1.00 e. The number of hydrogen-bond acceptors (Lipinski definition) is 3. The van der Waals surface area contributed by atoms with Gasteiger partial charge >= 0.3 is 29.6 Å². The maximum absolute atomic E-state index is 10.4. The molecule has 0 heterocycles. The van der Waals surface area contributed by atoms with Crippen LogP contribution in [0.15, 0.2) is 0 Å². The summed E-state index contributed by atoms with van der Waals surface area (Å²) in [6, 6.07) is 0. The van der Waals surface area contributed by atoms with Gasteiger partial charge in [-0.15, -0.1) is 0 Å². The van der Waals surface area contributed by atoms with Crippen molar-refractivity contribution >= 4 is 10.1 Å². The summed E-state index contributed by atoms with van der Waals surface area (Å²) in [7, 11) is -3.92. The summed E-state index contributed by atoms with van der Waals surface area (Å²) in [5, 5.41) is 9.39. The number of rotatable bonds is 9. The van der Waals surface area contributed by atoms with Crippen molar-refractivity contribution in [1.82, 2.24) is 0 Å². The summed E-state index contributed by atoms with van der Waals surface area (Å²) in [5.41, 5.74) is 0. The molecule has 2 N–H and O–H groups in total. The molecule has 0 aromatic rings. The predicted molar refractivity (Wildman–Crippen MR) is 61.5 cm³/mol. The SMILES string of the molecule is CCCCCCCC(O)CCS(=O)(=O)O.[H-].[Na+]. The molecule has 0 aliphatic heterocycles. The summed E-state index contributed by atoms with van der Waals surface area (Å²) in [6.07, 6.45) is 5.72. The molecule has 0 aliphatic rings. The van der Waals surface area contributed by atoms with Crippen molar-refractivity contribution in [3.63, 3.8) is 0 Å². The van der Waals surface area contributed by atoms with Crippen LogP contribution in [0, 0.1) is 0 Å². The van der Waals surface area contributed by atoms with E-state index in [0.29, 0.717) is 6.42 Å². The van der Waals surface area contributed by atoms with Crippen molar-refractivity contribution in [2.45, 2.75) is 58.0 Å². The summed E-state index contributed by atoms with van der Waals surface area (Å²) in [6.45, 7) is 2.14. The standard InChI is InChI=1S/C10H22O4S.Na.H/c1-2-3-4-5-6-7-10(11)8-9-15(12,13)14;;/h10-11H,2-9H2,1H3,(H,12,13,14);;/q;+1;-1. The van der Waals surface area contributed by atoms with Gasteiger partial charge in [-0.3, -0.25) is 4.55 Å². The first-order valence-electron chi connectivity index (χ1n) is 5.59. The van der Waals surface area contributed by atoms with E-state index < -0.39 is 16.2 Å². The van der Waals surface area contributed by atoms with Crippen LogP contribution in [0.25, 0.3) is 0 Å². The van der Waals surface area contributed by atoms with E-state index in [1.54, 1.807) is 0 Å². The first kappa shape index (κ1) is 19.2. The van der Waals surface area contributed by atoms with Gasteiger partial charge < -0.3 is 6.53 Å². The summed E-state index contributed by atoms with van der Waals surface area (Å²) >= 11 is 0. The fourth-order valence-electron chi connectivity index (χ4n) is 1.41. The van der Waals surface area contributed by atoms with Crippen LogP contribution in [0.1, 0.15) is 53.3 Å². The van der Waals surface area contributed by atoms with Gasteiger partial charge in [0.15, 0.2) is 0 Å². The van der Waals surface area contributed by atoms with Gasteiger partial charge in [0.25, 0.3) is 10.1 Å². The maximum atomic E-state index is 10.4. The molecule has 0 fully saturated rings. The molecular formula is C10H23NaO4S. The van der Waals surface area contributed by atoms with E-state index in [9.17, 15) is 13.5 Å². The molecule has 0 aromatic carbocycles. The predicted octanol–water partition coefficient (Wildman–Crippen LogP) is -0.898. The van der Waals surface area contributed by atoms with Crippen molar-refractivity contribution in [2.24, 2.45) is 0 Å². The van der Waals surface area contributed by atoms with E-state index in [0.717, 1.165) is 12.8 Å². The van der Waals surface area contributed by atoms with Crippen molar-refractivity contribution in [2.75, 3.05) is 5.75 Å². The van der Waals surface area contributed by atoms with Crippen LogP contribution in [0.4, 0.5) is 0 Å². The Bertz CT molecular complexity index is 247. The van der Waals surface area contributed by atoms with E-state index in [1.165, 1.54) is 19.3 Å². The molecule has 4 nitrogen and oxygen atoms in total. The van der Waals surface area contributed by atoms with E-state index in [2.05, 4.69) is 6.92 Å². The molecule has 1 unspecified atom stereocenters. The molecule has 0 spiro atoms. The molecule has 0 radical (unpaired) electrons. The van der Waals surface area contributed by atoms with E-state index in [1.807, 2.05) is 0 Å². The third-order valence-electron chi connectivity index (χ3n) is 2.35. The third kappa shape index (κ3) is 14.9. The van der Waals surface area contributed by atoms with Crippen LogP contribution < -0.4 is 29.6 Å². The van der Waals surface area contributed by atoms with Gasteiger partial charge in [-0.2, -0.15) is 8.42 Å². The average molecular weight is 262 g/mol. The van der Waals surface area contributed by atoms with E-state index >= 15 is 0 Å². The van der Waals surface area contributed by atoms with Crippen molar-refractivity contribution in [3.05, 3.63) is 0 Å². The van der Waals surface area contributed by atoms with Gasteiger partial charge in [0.1, 0.15) is 0 Å². The van der Waals surface area contributed by atoms with E-state index in [-0.39, 0.29) is 43.2 Å². The number of hydrogen-bond donors (Lipinski definition) is 2. The molecule has 1 atom stereocenters. The Balaban J connectivity index is -0.000000980. The summed E-state index contributed by atoms with van der Waals surface area (Å²) in [4.78, 5) is 0. The second-order valence-corrected chi connectivity index (χ2v) is 5.50. The molecule has 0 bridgehead atoms. The monoisotopic (exact) mass is 262 g/mol. The summed E-state index contributed by atoms with van der Waals surface area (Å²) in [5.74, 6) is -0.344. The van der Waals surface area contributed by atoms with Crippen LogP contribution in [0.3, 0.4) is 0 Å². The van der Waals surface area contributed by atoms with Crippen LogP contribution >= 0.6 is 0 Å². The molecular weight excluding hydrogens is 239 g/mol. The number of unbranched alkanes of at least 4 members (excludes halogenated alkanes) is 4. The third-order valence-corrected chi connectivity index (χ3v) is 3.10. The minimum Gasteiger partial charge on any atom is -1.00 e. The maximum Gasteiger partial charge on any atom is 1.00 e. The topological polar surface area (TPSA) is 74.6 Å². The molecule has 94 valence electrons. The zero-order valence-corrected chi connectivity index (χ0v) is 13.2. The molecule has 0 aromatic heterocycles. The normalized spacial score (nSPS) is 13.2. The number of aliphatic hydroxyl groups is 1. The van der Waals surface area contributed by atoms with Gasteiger partial charge in [-0.1, -0.05) is 39.0 Å². The Morgan fingerprint density at radius 3 is 2.19 bits per heavy atom. The largest absolute Gasteiger partial charge is 1.00 e. The van der Waals surface area contributed by atoms with Crippen LogP contribution in [0.2, 0.25) is 0 Å². The molecule has 0 saturated heterocycles. The molecule has 0 aliphatic carbocycles. The molecule has 0 saturated carbocycles. The second-order valence-electron chi connectivity index (χ2n) is 3.93. The van der Waals surface area contributed by atoms with Crippen LogP contribution in [0.5, 0.6) is 0 Å². The van der Waals surface area contributed by atoms with Crippen LogP contribution in [-0.2, 0) is 10.1 Å². The quantitative estimate of drug-likeness (QED) is 0.321. The van der Waals surface area contributed by atoms with Gasteiger partial charge in [0, 0.05) is 0 Å². The van der Waals surface area contributed by atoms with Gasteiger partial charge in [-0.25, -0.2) is 0 Å². The Kier molecular flexibility index (Phi) is 13.2. The van der Waals surface area contributed by atoms with Crippen molar-refractivity contribution in [3.8, 4) is 0 Å². The van der Waals surface area contributed by atoms with Gasteiger partial charge in [-0.05, 0) is 12.8 Å². The molecule has 0 amide bonds. The number of aliphatic hydroxyl groups excluding tert-OH is 1. The average Bonchev–Trinajstić information content (AvgIpc) is 2.13. The molecule has 0 rings (SSSR count). The fourth-order valence-corrected chi connectivity index (χ4v) is 1.98. The molecule has 6 heteroatoms. The Labute approximate surface area is 122 Å².